The van der Waals surface area contributed by atoms with Crippen LogP contribution in [-0.4, -0.2) is 200 Å². The molecule has 3 unspecified atom stereocenters. The van der Waals surface area contributed by atoms with Crippen LogP contribution in [-0.2, 0) is 78.2 Å². The van der Waals surface area contributed by atoms with Gasteiger partial charge in [0.1, 0.15) is 48.3 Å². The standard InChI is InChI=1S/C43H63N11O19/c1-22(56)13-44-29(59)14-45-30(60)15-46-31(61)16-47-32(62)17-48-33(63)18-49-35(65)21-71-41(69)26(11-24-9-7-6-8-10-24)52-34(64)19-50-39(68)25(53-42(70)73-43(3,4)5)12-28(58)54-40-36(51-23(2)57)38(67)37(66)27(20-55)72-40/h6-10,25-27,36-38,40,55,66-67H,11-21H2,1-5H3,(H,44,59)(H,45,60)(H,46,61)(H,47,62)(H,48,63)(H,49,65)(H,50,68)(H,51,57)(H,52,64)(H,53,70)(H,54,58)/p-1/t25?,26-,27?,36?,37+,38+,40+/m0/s1. The number of hydrogen-bond donors (Lipinski definition) is 13. The van der Waals surface area contributed by atoms with Crippen molar-refractivity contribution in [2.45, 2.75) is 95.7 Å². The molecule has 1 fully saturated rings. The van der Waals surface area contributed by atoms with Crippen LogP contribution in [0.25, 0.3) is 0 Å². The van der Waals surface area contributed by atoms with Gasteiger partial charge in [-0.1, -0.05) is 51.1 Å². The van der Waals surface area contributed by atoms with Crippen LogP contribution >= 0.6 is 0 Å². The first-order valence-corrected chi connectivity index (χ1v) is 22.3. The minimum Gasteiger partial charge on any atom is -0.595 e. The van der Waals surface area contributed by atoms with E-state index < -0.39 is 178 Å². The second-order valence-corrected chi connectivity index (χ2v) is 16.9. The summed E-state index contributed by atoms with van der Waals surface area (Å²) in [6.07, 6.45) is -8.76. The second-order valence-electron chi connectivity index (χ2n) is 16.9. The minimum atomic E-state index is -1.88. The third kappa shape index (κ3) is 25.2. The van der Waals surface area contributed by atoms with Gasteiger partial charge in [-0.15, -0.1) is 0 Å². The molecule has 0 spiro atoms. The van der Waals surface area contributed by atoms with E-state index in [4.69, 9.17) is 14.2 Å². The Kier molecular flexibility index (Phi) is 25.9. The number of Topliss-reactive ketones (excluding diaryl/α,β-unsaturated/α-hetero) is 1. The molecule has 13 N–H and O–H groups in total. The maximum Gasteiger partial charge on any atom is 0.329 e. The summed E-state index contributed by atoms with van der Waals surface area (Å²) in [5.41, 5.74) is -0.579. The molecule has 73 heavy (non-hydrogen) atoms. The van der Waals surface area contributed by atoms with Crippen LogP contribution in [0, 0.1) is 0 Å². The predicted molar refractivity (Wildman–Crippen MR) is 245 cm³/mol. The van der Waals surface area contributed by atoms with Crippen molar-refractivity contribution in [3.8, 4) is 0 Å². The molecular formula is C43H62N11O19-. The number of aliphatic hydroxyl groups is 3. The van der Waals surface area contributed by atoms with Gasteiger partial charge in [-0.25, -0.2) is 4.79 Å². The summed E-state index contributed by atoms with van der Waals surface area (Å²) < 4.78 is 15.7. The first kappa shape index (κ1) is 61.3. The van der Waals surface area contributed by atoms with E-state index in [1.165, 1.54) is 27.7 Å². The van der Waals surface area contributed by atoms with Gasteiger partial charge >= 0.3 is 5.97 Å². The molecule has 30 nitrogen and oxygen atoms in total. The molecule has 2 rings (SSSR count). The van der Waals surface area contributed by atoms with E-state index in [0.29, 0.717) is 5.56 Å². The second kappa shape index (κ2) is 30.8. The van der Waals surface area contributed by atoms with Gasteiger partial charge in [-0.3, -0.25) is 57.7 Å². The summed E-state index contributed by atoms with van der Waals surface area (Å²) in [6, 6.07) is 3.38. The van der Waals surface area contributed by atoms with Gasteiger partial charge in [-0.05, 0) is 12.5 Å². The molecule has 0 bridgehead atoms. The normalized spacial score (nSPS) is 18.1. The first-order chi connectivity index (χ1) is 34.3. The van der Waals surface area contributed by atoms with Gasteiger partial charge < -0.3 is 87.8 Å². The van der Waals surface area contributed by atoms with E-state index >= 15 is 0 Å². The summed E-state index contributed by atoms with van der Waals surface area (Å²) in [4.78, 5) is 152. The number of ketones is 1. The first-order valence-electron chi connectivity index (χ1n) is 22.3. The van der Waals surface area contributed by atoms with E-state index in [2.05, 4.69) is 58.2 Å². The van der Waals surface area contributed by atoms with E-state index in [1.807, 2.05) is 0 Å². The number of carbonyl (C=O) groups is 12. The Hall–Kier alpha value is -7.83. The number of esters is 1. The Morgan fingerprint density at radius 2 is 1.16 bits per heavy atom. The maximum absolute atomic E-state index is 13.4. The van der Waals surface area contributed by atoms with Gasteiger partial charge in [-0.2, -0.15) is 0 Å². The zero-order chi connectivity index (χ0) is 54.8. The minimum absolute atomic E-state index is 0.186. The number of nitrogens with zero attached hydrogens (tertiary/aromatic N) is 1. The molecule has 1 aromatic carbocycles. The molecule has 0 aromatic heterocycles. The van der Waals surface area contributed by atoms with Crippen molar-refractivity contribution in [2.75, 3.05) is 59.0 Å². The highest BCUT2D eigenvalue weighted by molar-refractivity contribution is 5.95. The van der Waals surface area contributed by atoms with Crippen molar-refractivity contribution in [1.82, 2.24) is 53.2 Å². The molecule has 7 atom stereocenters. The average Bonchev–Trinajstić information content (AvgIpc) is 3.32. The van der Waals surface area contributed by atoms with Crippen molar-refractivity contribution in [2.24, 2.45) is 4.99 Å². The van der Waals surface area contributed by atoms with Gasteiger partial charge in [0.15, 0.2) is 12.8 Å². The summed E-state index contributed by atoms with van der Waals surface area (Å²) in [7, 11) is 0. The van der Waals surface area contributed by atoms with Gasteiger partial charge in [0.25, 0.3) is 5.91 Å². The summed E-state index contributed by atoms with van der Waals surface area (Å²) in [6.45, 7) is 1.11. The highest BCUT2D eigenvalue weighted by atomic mass is 16.6. The molecule has 404 valence electrons. The number of nitrogens with one attached hydrogen (secondary N) is 10. The van der Waals surface area contributed by atoms with Crippen LogP contribution in [0.2, 0.25) is 0 Å². The van der Waals surface area contributed by atoms with Crippen LogP contribution in [0.3, 0.4) is 0 Å². The van der Waals surface area contributed by atoms with E-state index in [0.717, 1.165) is 6.92 Å². The SMILES string of the molecule is CC(=O)CNC(=O)CNC(=O)CNC(=O)CNC(=O)CNC(=O)CNC(=O)COC(=O)[C@H](Cc1ccccc1)NC(=O)CNC(=O)C(CC(=O)N[C@@H]1OC(CO)[C@@H](O)[C@H](O)C1NC(C)=O)N=C([O-])OC(C)(C)C. The molecular weight excluding hydrogens is 975 g/mol. The number of benzene rings is 1. The monoisotopic (exact) mass is 1040 g/mol. The van der Waals surface area contributed by atoms with Crippen LogP contribution < -0.4 is 58.3 Å². The Morgan fingerprint density at radius 1 is 0.671 bits per heavy atom. The average molecular weight is 1040 g/mol. The Bertz CT molecular complexity index is 2170. The molecule has 10 amide bonds. The van der Waals surface area contributed by atoms with Crippen molar-refractivity contribution >= 4 is 76.9 Å². The molecule has 1 aliphatic rings. The fourth-order valence-electron chi connectivity index (χ4n) is 5.93. The number of aliphatic hydroxyl groups excluding tert-OH is 3. The van der Waals surface area contributed by atoms with Gasteiger partial charge in [0.2, 0.25) is 53.2 Å². The molecule has 0 saturated carbocycles. The third-order valence-corrected chi connectivity index (χ3v) is 9.37. The van der Waals surface area contributed by atoms with Gasteiger partial charge in [0.05, 0.1) is 58.8 Å². The number of carbonyl (C=O) groups excluding carboxylic acids is 12. The summed E-state index contributed by atoms with van der Waals surface area (Å²) >= 11 is 0. The zero-order valence-corrected chi connectivity index (χ0v) is 40.5. The van der Waals surface area contributed by atoms with Crippen LogP contribution in [0.5, 0.6) is 0 Å². The molecule has 30 heteroatoms. The number of amides is 10. The quantitative estimate of drug-likeness (QED) is 0.0221. The van der Waals surface area contributed by atoms with E-state index in [1.54, 1.807) is 30.3 Å². The maximum atomic E-state index is 13.4. The van der Waals surface area contributed by atoms with Gasteiger partial charge in [0, 0.05) is 18.9 Å². The van der Waals surface area contributed by atoms with Crippen molar-refractivity contribution in [1.29, 1.82) is 0 Å². The lowest BCUT2D eigenvalue weighted by molar-refractivity contribution is -0.261. The highest BCUT2D eigenvalue weighted by Gasteiger charge is 2.45. The van der Waals surface area contributed by atoms with E-state index in [9.17, 15) is 78.0 Å². The number of aliphatic imine (C=N–C) groups is 1. The highest BCUT2D eigenvalue weighted by Crippen LogP contribution is 2.20. The smallest absolute Gasteiger partial charge is 0.329 e. The van der Waals surface area contributed by atoms with Crippen LogP contribution in [0.15, 0.2) is 35.3 Å². The largest absolute Gasteiger partial charge is 0.595 e. The number of rotatable bonds is 27. The third-order valence-electron chi connectivity index (χ3n) is 9.37. The lowest BCUT2D eigenvalue weighted by Crippen LogP contribution is -2.68. The summed E-state index contributed by atoms with van der Waals surface area (Å²) in [5.74, 6) is -10.1. The Morgan fingerprint density at radius 3 is 1.64 bits per heavy atom. The van der Waals surface area contributed by atoms with Crippen molar-refractivity contribution < 1.29 is 92.2 Å². The fourth-order valence-corrected chi connectivity index (χ4v) is 5.93. The Balaban J connectivity index is 1.96. The molecule has 1 aromatic rings. The Labute approximate surface area is 417 Å². The lowest BCUT2D eigenvalue weighted by Gasteiger charge is -2.42. The van der Waals surface area contributed by atoms with E-state index in [-0.39, 0.29) is 18.7 Å². The predicted octanol–water partition coefficient (Wildman–Crippen LogP) is -8.99. The fraction of sp³-hybridized carbons (Fsp3) is 0.558. The van der Waals surface area contributed by atoms with Crippen molar-refractivity contribution in [3.63, 3.8) is 0 Å². The van der Waals surface area contributed by atoms with Crippen LogP contribution in [0.4, 0.5) is 0 Å². The molecule has 0 aliphatic carbocycles. The molecule has 1 heterocycles. The summed E-state index contributed by atoms with van der Waals surface area (Å²) in [5, 5.41) is 65.6. The van der Waals surface area contributed by atoms with Crippen molar-refractivity contribution in [3.05, 3.63) is 35.9 Å². The molecule has 0 radical (unpaired) electrons. The van der Waals surface area contributed by atoms with Crippen LogP contribution in [0.1, 0.15) is 46.6 Å². The molecule has 1 saturated heterocycles. The number of ether oxygens (including phenoxy) is 3. The molecule has 1 aliphatic heterocycles. The number of hydrogen-bond acceptors (Lipinski definition) is 20. The zero-order valence-electron chi connectivity index (χ0n) is 40.5. The lowest BCUT2D eigenvalue weighted by atomic mass is 9.95. The topological polar surface area (TPSA) is 449 Å².